The Morgan fingerprint density at radius 2 is 2.00 bits per heavy atom. The predicted octanol–water partition coefficient (Wildman–Crippen LogP) is 2.03. The van der Waals surface area contributed by atoms with Crippen LogP contribution in [0.25, 0.3) is 0 Å². The molecule has 0 aliphatic carbocycles. The van der Waals surface area contributed by atoms with Gasteiger partial charge in [-0.3, -0.25) is 0 Å². The number of rotatable bonds is 8. The summed E-state index contributed by atoms with van der Waals surface area (Å²) in [6.45, 7) is 1.97. The maximum Gasteiger partial charge on any atom is 0.134 e. The van der Waals surface area contributed by atoms with Crippen LogP contribution in [0.1, 0.15) is 0 Å². The third-order valence-corrected chi connectivity index (χ3v) is 3.12. The highest BCUT2D eigenvalue weighted by Crippen LogP contribution is 2.30. The van der Waals surface area contributed by atoms with Crippen molar-refractivity contribution >= 4 is 17.4 Å². The van der Waals surface area contributed by atoms with Gasteiger partial charge >= 0.3 is 0 Å². The van der Waals surface area contributed by atoms with Crippen LogP contribution in [-0.4, -0.2) is 39.8 Å². The van der Waals surface area contributed by atoms with E-state index in [0.717, 1.165) is 16.4 Å². The zero-order chi connectivity index (χ0) is 12.5. The van der Waals surface area contributed by atoms with Gasteiger partial charge < -0.3 is 19.9 Å². The summed E-state index contributed by atoms with van der Waals surface area (Å²) < 4.78 is 15.5. The number of hydrogen-bond donors (Lipinski definition) is 1. The molecule has 5 heteroatoms. The fourth-order valence-electron chi connectivity index (χ4n) is 1.26. The van der Waals surface area contributed by atoms with E-state index in [-0.39, 0.29) is 0 Å². The molecule has 0 bridgehead atoms. The van der Waals surface area contributed by atoms with E-state index in [4.69, 9.17) is 19.9 Å². The van der Waals surface area contributed by atoms with Crippen molar-refractivity contribution < 1.29 is 14.2 Å². The third-order valence-electron chi connectivity index (χ3n) is 2.10. The third kappa shape index (κ3) is 5.30. The largest absolute Gasteiger partial charge is 0.496 e. The predicted molar refractivity (Wildman–Crippen MR) is 70.8 cm³/mol. The summed E-state index contributed by atoms with van der Waals surface area (Å²) in [6.07, 6.45) is 0. The van der Waals surface area contributed by atoms with Crippen LogP contribution < -0.4 is 10.5 Å². The molecular weight excluding hydrogens is 238 g/mol. The Labute approximate surface area is 106 Å². The van der Waals surface area contributed by atoms with Crippen LogP contribution >= 0.6 is 11.8 Å². The Hall–Kier alpha value is -0.910. The molecule has 0 radical (unpaired) electrons. The Morgan fingerprint density at radius 3 is 2.71 bits per heavy atom. The molecule has 1 aromatic rings. The number of nitrogen functional groups attached to an aromatic ring is 1. The van der Waals surface area contributed by atoms with Crippen LogP contribution in [0.2, 0.25) is 0 Å². The SMILES string of the molecule is COCCOCCSc1ccc(N)cc1OC. The van der Waals surface area contributed by atoms with Crippen molar-refractivity contribution in [2.75, 3.05) is 45.5 Å². The van der Waals surface area contributed by atoms with Crippen molar-refractivity contribution in [2.24, 2.45) is 0 Å². The van der Waals surface area contributed by atoms with E-state index < -0.39 is 0 Å². The monoisotopic (exact) mass is 257 g/mol. The van der Waals surface area contributed by atoms with Gasteiger partial charge in [-0.25, -0.2) is 0 Å². The molecule has 1 rings (SSSR count). The fraction of sp³-hybridized carbons (Fsp3) is 0.500. The van der Waals surface area contributed by atoms with E-state index >= 15 is 0 Å². The number of hydrogen-bond acceptors (Lipinski definition) is 5. The summed E-state index contributed by atoms with van der Waals surface area (Å²) >= 11 is 1.69. The zero-order valence-electron chi connectivity index (χ0n) is 10.3. The summed E-state index contributed by atoms with van der Waals surface area (Å²) in [7, 11) is 3.31. The van der Waals surface area contributed by atoms with E-state index in [1.807, 2.05) is 18.2 Å². The summed E-state index contributed by atoms with van der Waals surface area (Å²) in [4.78, 5) is 1.08. The molecule has 1 aromatic carbocycles. The first kappa shape index (κ1) is 14.2. The van der Waals surface area contributed by atoms with Gasteiger partial charge in [-0.05, 0) is 12.1 Å². The Kier molecular flexibility index (Phi) is 6.84. The lowest BCUT2D eigenvalue weighted by Gasteiger charge is -2.09. The van der Waals surface area contributed by atoms with Crippen LogP contribution in [0.4, 0.5) is 5.69 Å². The van der Waals surface area contributed by atoms with Crippen molar-refractivity contribution in [2.45, 2.75) is 4.90 Å². The molecule has 0 heterocycles. The van der Waals surface area contributed by atoms with E-state index in [0.29, 0.717) is 25.5 Å². The van der Waals surface area contributed by atoms with Gasteiger partial charge in [0.2, 0.25) is 0 Å². The first-order valence-corrected chi connectivity index (χ1v) is 6.39. The van der Waals surface area contributed by atoms with Gasteiger partial charge in [-0.15, -0.1) is 11.8 Å². The minimum atomic E-state index is 0.635. The molecule has 0 saturated carbocycles. The van der Waals surface area contributed by atoms with Crippen molar-refractivity contribution in [3.8, 4) is 5.75 Å². The average molecular weight is 257 g/mol. The second-order valence-electron chi connectivity index (χ2n) is 3.36. The maximum atomic E-state index is 5.68. The Morgan fingerprint density at radius 1 is 1.18 bits per heavy atom. The summed E-state index contributed by atoms with van der Waals surface area (Å²) in [5.74, 6) is 1.69. The van der Waals surface area contributed by atoms with Crippen LogP contribution in [0, 0.1) is 0 Å². The topological polar surface area (TPSA) is 53.7 Å². The van der Waals surface area contributed by atoms with E-state index in [9.17, 15) is 0 Å². The minimum Gasteiger partial charge on any atom is -0.496 e. The molecule has 2 N–H and O–H groups in total. The first-order valence-electron chi connectivity index (χ1n) is 5.41. The van der Waals surface area contributed by atoms with Crippen molar-refractivity contribution in [1.82, 2.24) is 0 Å². The van der Waals surface area contributed by atoms with E-state index in [1.165, 1.54) is 0 Å². The van der Waals surface area contributed by atoms with Gasteiger partial charge in [-0.1, -0.05) is 0 Å². The standard InChI is InChI=1S/C12H19NO3S/c1-14-5-6-16-7-8-17-12-4-3-10(13)9-11(12)15-2/h3-4,9H,5-8,13H2,1-2H3. The van der Waals surface area contributed by atoms with Crippen LogP contribution in [0.3, 0.4) is 0 Å². The summed E-state index contributed by atoms with van der Waals surface area (Å²) in [6, 6.07) is 5.67. The van der Waals surface area contributed by atoms with Gasteiger partial charge in [0.1, 0.15) is 5.75 Å². The molecule has 0 aromatic heterocycles. The molecule has 0 spiro atoms. The van der Waals surface area contributed by atoms with E-state index in [2.05, 4.69) is 0 Å². The van der Waals surface area contributed by atoms with Crippen LogP contribution in [-0.2, 0) is 9.47 Å². The number of thioether (sulfide) groups is 1. The summed E-state index contributed by atoms with van der Waals surface area (Å²) in [5.41, 5.74) is 6.40. The lowest BCUT2D eigenvalue weighted by molar-refractivity contribution is 0.0790. The number of nitrogens with two attached hydrogens (primary N) is 1. The molecule has 0 amide bonds. The lowest BCUT2D eigenvalue weighted by Crippen LogP contribution is -2.04. The van der Waals surface area contributed by atoms with Crippen molar-refractivity contribution in [3.63, 3.8) is 0 Å². The molecule has 0 saturated heterocycles. The number of methoxy groups -OCH3 is 2. The number of anilines is 1. The summed E-state index contributed by atoms with van der Waals surface area (Å²) in [5, 5.41) is 0. The average Bonchev–Trinajstić information content (AvgIpc) is 2.35. The molecule has 0 aliphatic heterocycles. The zero-order valence-corrected chi connectivity index (χ0v) is 11.1. The molecule has 0 fully saturated rings. The Bertz CT molecular complexity index is 334. The van der Waals surface area contributed by atoms with Crippen LogP contribution in [0.15, 0.2) is 23.1 Å². The first-order chi connectivity index (χ1) is 8.27. The number of benzene rings is 1. The smallest absolute Gasteiger partial charge is 0.134 e. The second-order valence-corrected chi connectivity index (χ2v) is 4.50. The maximum absolute atomic E-state index is 5.68. The van der Waals surface area contributed by atoms with Crippen LogP contribution in [0.5, 0.6) is 5.75 Å². The van der Waals surface area contributed by atoms with Gasteiger partial charge in [0, 0.05) is 29.5 Å². The Balaban J connectivity index is 2.31. The lowest BCUT2D eigenvalue weighted by atomic mass is 10.3. The molecular formula is C12H19NO3S. The van der Waals surface area contributed by atoms with Crippen molar-refractivity contribution in [3.05, 3.63) is 18.2 Å². The normalized spacial score (nSPS) is 10.5. The van der Waals surface area contributed by atoms with Gasteiger partial charge in [0.05, 0.1) is 26.9 Å². The molecule has 0 aliphatic rings. The highest BCUT2D eigenvalue weighted by atomic mass is 32.2. The fourth-order valence-corrected chi connectivity index (χ4v) is 2.13. The highest BCUT2D eigenvalue weighted by molar-refractivity contribution is 7.99. The molecule has 96 valence electrons. The van der Waals surface area contributed by atoms with Gasteiger partial charge in [0.15, 0.2) is 0 Å². The molecule has 0 unspecified atom stereocenters. The van der Waals surface area contributed by atoms with Crippen molar-refractivity contribution in [1.29, 1.82) is 0 Å². The quantitative estimate of drug-likeness (QED) is 0.439. The molecule has 4 nitrogen and oxygen atoms in total. The minimum absolute atomic E-state index is 0.635. The van der Waals surface area contributed by atoms with E-state index in [1.54, 1.807) is 26.0 Å². The second kappa shape index (κ2) is 8.22. The molecule has 0 atom stereocenters. The number of ether oxygens (including phenoxy) is 3. The van der Waals surface area contributed by atoms with Gasteiger partial charge in [0.25, 0.3) is 0 Å². The highest BCUT2D eigenvalue weighted by Gasteiger charge is 2.03. The van der Waals surface area contributed by atoms with Gasteiger partial charge in [-0.2, -0.15) is 0 Å². The molecule has 17 heavy (non-hydrogen) atoms.